The van der Waals surface area contributed by atoms with Gasteiger partial charge in [0.05, 0.1) is 17.3 Å². The molecule has 162 valence electrons. The summed E-state index contributed by atoms with van der Waals surface area (Å²) in [7, 11) is -2.01. The van der Waals surface area contributed by atoms with Crippen molar-refractivity contribution in [2.24, 2.45) is 5.92 Å². The second-order valence-corrected chi connectivity index (χ2v) is 9.53. The number of amides is 2. The summed E-state index contributed by atoms with van der Waals surface area (Å²) in [5.74, 6) is -0.286. The largest absolute Gasteiger partial charge is 0.384 e. The molecule has 0 atom stereocenters. The Morgan fingerprint density at radius 3 is 2.20 bits per heavy atom. The molecule has 0 bridgehead atoms. The van der Waals surface area contributed by atoms with E-state index in [2.05, 4.69) is 10.6 Å². The smallest absolute Gasteiger partial charge is 0.255 e. The van der Waals surface area contributed by atoms with Gasteiger partial charge in [-0.1, -0.05) is 13.8 Å². The number of anilines is 1. The molecular formula is C22H28N2O5S. The highest BCUT2D eigenvalue weighted by Gasteiger charge is 2.16. The minimum atomic E-state index is -3.45. The Kier molecular flexibility index (Phi) is 8.14. The van der Waals surface area contributed by atoms with Gasteiger partial charge in [-0.25, -0.2) is 8.42 Å². The van der Waals surface area contributed by atoms with Crippen LogP contribution in [0.4, 0.5) is 5.69 Å². The Balaban J connectivity index is 2.08. The third kappa shape index (κ3) is 6.40. The summed E-state index contributed by atoms with van der Waals surface area (Å²) >= 11 is 0. The van der Waals surface area contributed by atoms with Gasteiger partial charge in [0.25, 0.3) is 11.8 Å². The number of sulfone groups is 1. The highest BCUT2D eigenvalue weighted by molar-refractivity contribution is 7.91. The van der Waals surface area contributed by atoms with Crippen molar-refractivity contribution in [2.75, 3.05) is 31.3 Å². The quantitative estimate of drug-likeness (QED) is 0.634. The molecule has 0 saturated heterocycles. The van der Waals surface area contributed by atoms with Gasteiger partial charge in [-0.05, 0) is 60.9 Å². The molecule has 0 saturated carbocycles. The number of hydrogen-bond donors (Lipinski definition) is 2. The second-order valence-electron chi connectivity index (χ2n) is 7.42. The summed E-state index contributed by atoms with van der Waals surface area (Å²) in [4.78, 5) is 24.9. The summed E-state index contributed by atoms with van der Waals surface area (Å²) in [6.07, 6.45) is 0. The molecule has 0 fully saturated rings. The molecule has 8 heteroatoms. The number of ether oxygens (including phenoxy) is 1. The van der Waals surface area contributed by atoms with E-state index < -0.39 is 9.84 Å². The molecule has 7 nitrogen and oxygen atoms in total. The molecule has 0 aromatic heterocycles. The van der Waals surface area contributed by atoms with Gasteiger partial charge < -0.3 is 15.4 Å². The predicted molar refractivity (Wildman–Crippen MR) is 117 cm³/mol. The van der Waals surface area contributed by atoms with Crippen molar-refractivity contribution in [1.29, 1.82) is 0 Å². The fourth-order valence-electron chi connectivity index (χ4n) is 2.66. The van der Waals surface area contributed by atoms with Gasteiger partial charge in [-0.15, -0.1) is 0 Å². The molecular weight excluding hydrogens is 404 g/mol. The van der Waals surface area contributed by atoms with E-state index in [1.807, 2.05) is 13.8 Å². The third-order valence-electron chi connectivity index (χ3n) is 4.44. The summed E-state index contributed by atoms with van der Waals surface area (Å²) in [5, 5.41) is 5.65. The van der Waals surface area contributed by atoms with Crippen LogP contribution in [0, 0.1) is 12.8 Å². The van der Waals surface area contributed by atoms with Crippen LogP contribution >= 0.6 is 0 Å². The number of nitrogens with one attached hydrogen (secondary N) is 2. The normalized spacial score (nSPS) is 11.4. The minimum absolute atomic E-state index is 0.106. The van der Waals surface area contributed by atoms with E-state index in [1.54, 1.807) is 25.1 Å². The monoisotopic (exact) mass is 432 g/mol. The summed E-state index contributed by atoms with van der Waals surface area (Å²) < 4.78 is 29.1. The van der Waals surface area contributed by atoms with Gasteiger partial charge in [-0.3, -0.25) is 9.59 Å². The van der Waals surface area contributed by atoms with Crippen LogP contribution < -0.4 is 10.6 Å². The molecule has 0 aliphatic rings. The van der Waals surface area contributed by atoms with Gasteiger partial charge in [0.2, 0.25) is 0 Å². The van der Waals surface area contributed by atoms with Crippen LogP contribution in [0.1, 0.15) is 40.1 Å². The number of carbonyl (C=O) groups is 2. The SMILES string of the molecule is COCCS(=O)(=O)c1ccc(C(=O)Nc2ccc(C(=O)NCC(C)C)cc2C)cc1. The van der Waals surface area contributed by atoms with Crippen LogP contribution in [0.2, 0.25) is 0 Å². The first-order valence-corrected chi connectivity index (χ1v) is 11.3. The number of hydrogen-bond acceptors (Lipinski definition) is 5. The van der Waals surface area contributed by atoms with Gasteiger partial charge >= 0.3 is 0 Å². The average Bonchev–Trinajstić information content (AvgIpc) is 2.72. The average molecular weight is 433 g/mol. The lowest BCUT2D eigenvalue weighted by Crippen LogP contribution is -2.27. The maximum atomic E-state index is 12.5. The van der Waals surface area contributed by atoms with Crippen LogP contribution in [-0.2, 0) is 14.6 Å². The maximum Gasteiger partial charge on any atom is 0.255 e. The molecule has 2 rings (SSSR count). The van der Waals surface area contributed by atoms with Gasteiger partial charge in [0, 0.05) is 30.5 Å². The molecule has 0 aliphatic heterocycles. The number of rotatable bonds is 9. The second kappa shape index (κ2) is 10.4. The van der Waals surface area contributed by atoms with Crippen LogP contribution in [0.15, 0.2) is 47.4 Å². The third-order valence-corrected chi connectivity index (χ3v) is 6.13. The first-order chi connectivity index (χ1) is 14.1. The molecule has 2 amide bonds. The number of benzene rings is 2. The molecule has 2 aromatic rings. The van der Waals surface area contributed by atoms with Crippen LogP contribution in [0.3, 0.4) is 0 Å². The zero-order chi connectivity index (χ0) is 22.3. The Bertz CT molecular complexity index is 999. The first-order valence-electron chi connectivity index (χ1n) is 9.66. The molecule has 0 spiro atoms. The van der Waals surface area contributed by atoms with Crippen molar-refractivity contribution < 1.29 is 22.7 Å². The predicted octanol–water partition coefficient (Wildman–Crippen LogP) is 3.05. The van der Waals surface area contributed by atoms with Crippen LogP contribution in [-0.4, -0.2) is 46.2 Å². The van der Waals surface area contributed by atoms with Crippen molar-refractivity contribution in [3.63, 3.8) is 0 Å². The number of methoxy groups -OCH3 is 1. The van der Waals surface area contributed by atoms with Gasteiger partial charge in [0.15, 0.2) is 9.84 Å². The van der Waals surface area contributed by atoms with E-state index in [9.17, 15) is 18.0 Å². The molecule has 2 aromatic carbocycles. The summed E-state index contributed by atoms with van der Waals surface area (Å²) in [5.41, 5.74) is 2.19. The Hall–Kier alpha value is -2.71. The highest BCUT2D eigenvalue weighted by atomic mass is 32.2. The van der Waals surface area contributed by atoms with Crippen molar-refractivity contribution in [3.8, 4) is 0 Å². The van der Waals surface area contributed by atoms with E-state index in [0.29, 0.717) is 29.3 Å². The molecule has 0 aliphatic carbocycles. The van der Waals surface area contributed by atoms with Crippen molar-refractivity contribution >= 4 is 27.3 Å². The lowest BCUT2D eigenvalue weighted by Gasteiger charge is -2.12. The van der Waals surface area contributed by atoms with Crippen molar-refractivity contribution in [2.45, 2.75) is 25.7 Å². The molecule has 30 heavy (non-hydrogen) atoms. The van der Waals surface area contributed by atoms with E-state index in [-0.39, 0.29) is 29.1 Å². The number of aryl methyl sites for hydroxylation is 1. The van der Waals surface area contributed by atoms with Gasteiger partial charge in [0.1, 0.15) is 0 Å². The van der Waals surface area contributed by atoms with E-state index in [0.717, 1.165) is 5.56 Å². The van der Waals surface area contributed by atoms with Crippen LogP contribution in [0.25, 0.3) is 0 Å². The minimum Gasteiger partial charge on any atom is -0.384 e. The zero-order valence-corrected chi connectivity index (χ0v) is 18.5. The summed E-state index contributed by atoms with van der Waals surface area (Å²) in [6.45, 7) is 6.54. The first kappa shape index (κ1) is 23.6. The van der Waals surface area contributed by atoms with Crippen molar-refractivity contribution in [3.05, 3.63) is 59.2 Å². The topological polar surface area (TPSA) is 102 Å². The van der Waals surface area contributed by atoms with E-state index in [1.165, 1.54) is 31.4 Å². The van der Waals surface area contributed by atoms with E-state index in [4.69, 9.17) is 4.74 Å². The molecule has 0 radical (unpaired) electrons. The van der Waals surface area contributed by atoms with Gasteiger partial charge in [-0.2, -0.15) is 0 Å². The maximum absolute atomic E-state index is 12.5. The molecule has 0 unspecified atom stereocenters. The molecule has 0 heterocycles. The lowest BCUT2D eigenvalue weighted by molar-refractivity contribution is 0.0948. The fourth-order valence-corrected chi connectivity index (χ4v) is 3.84. The molecule has 2 N–H and O–H groups in total. The highest BCUT2D eigenvalue weighted by Crippen LogP contribution is 2.19. The zero-order valence-electron chi connectivity index (χ0n) is 17.7. The standard InChI is InChI=1S/C22H28N2O5S/c1-15(2)14-23-21(25)18-7-10-20(16(3)13-18)24-22(26)17-5-8-19(9-6-17)30(27,28)12-11-29-4/h5-10,13,15H,11-12,14H2,1-4H3,(H,23,25)(H,24,26). The number of carbonyl (C=O) groups excluding carboxylic acids is 2. The van der Waals surface area contributed by atoms with Crippen LogP contribution in [0.5, 0.6) is 0 Å². The van der Waals surface area contributed by atoms with Crippen molar-refractivity contribution in [1.82, 2.24) is 5.32 Å². The fraction of sp³-hybridized carbons (Fsp3) is 0.364. The lowest BCUT2D eigenvalue weighted by atomic mass is 10.1. The van der Waals surface area contributed by atoms with E-state index >= 15 is 0 Å². The Morgan fingerprint density at radius 1 is 1.00 bits per heavy atom. The Labute approximate surface area is 177 Å². The summed E-state index contributed by atoms with van der Waals surface area (Å²) in [6, 6.07) is 10.8. The Morgan fingerprint density at radius 2 is 1.63 bits per heavy atom.